The van der Waals surface area contributed by atoms with Gasteiger partial charge in [0.25, 0.3) is 0 Å². The van der Waals surface area contributed by atoms with E-state index in [-0.39, 0.29) is 0 Å². The van der Waals surface area contributed by atoms with E-state index in [0.29, 0.717) is 0 Å². The van der Waals surface area contributed by atoms with Crippen molar-refractivity contribution >= 4 is 75.4 Å². The van der Waals surface area contributed by atoms with Gasteiger partial charge in [-0.1, -0.05) is 206 Å². The molecule has 0 bridgehead atoms. The van der Waals surface area contributed by atoms with Crippen molar-refractivity contribution in [3.05, 3.63) is 253 Å². The second-order valence-electron chi connectivity index (χ2n) is 17.5. The van der Waals surface area contributed by atoms with Crippen LogP contribution in [0.3, 0.4) is 0 Å². The zero-order chi connectivity index (χ0) is 41.2. The Labute approximate surface area is 365 Å². The molecule has 0 fully saturated rings. The van der Waals surface area contributed by atoms with Gasteiger partial charge in [0.1, 0.15) is 0 Å². The summed E-state index contributed by atoms with van der Waals surface area (Å²) in [6.45, 7) is 0. The molecule has 290 valence electrons. The van der Waals surface area contributed by atoms with E-state index in [1.165, 1.54) is 131 Å². The van der Waals surface area contributed by atoms with E-state index >= 15 is 0 Å². The smallest absolute Gasteiger partial charge is 0.0622 e. The minimum atomic E-state index is -0.560. The highest BCUT2D eigenvalue weighted by Gasteiger charge is 2.47. The predicted octanol–water partition coefficient (Wildman–Crippen LogP) is 16.9. The van der Waals surface area contributed by atoms with E-state index in [9.17, 15) is 0 Å². The Morgan fingerprint density at radius 2 is 0.730 bits per heavy atom. The molecule has 1 aliphatic rings. The average Bonchev–Trinajstić information content (AvgIpc) is 3.65. The maximum Gasteiger partial charge on any atom is 0.0714 e. The fraction of sp³-hybridized carbons (Fsp3) is 0.0159. The summed E-state index contributed by atoms with van der Waals surface area (Å²) >= 11 is 0. The van der Waals surface area contributed by atoms with E-state index in [4.69, 9.17) is 0 Å². The summed E-state index contributed by atoms with van der Waals surface area (Å²) in [6, 6.07) is 86.9. The zero-order valence-corrected chi connectivity index (χ0v) is 34.4. The first kappa shape index (κ1) is 34.6. The van der Waals surface area contributed by atoms with E-state index in [1.54, 1.807) is 0 Å². The highest BCUT2D eigenvalue weighted by atomic mass is 14.5. The molecule has 0 heterocycles. The van der Waals surface area contributed by atoms with Gasteiger partial charge in [-0.15, -0.1) is 0 Å². The maximum atomic E-state index is 2.54. The molecule has 0 radical (unpaired) electrons. The molecular weight excluding hydrogens is 757 g/mol. The summed E-state index contributed by atoms with van der Waals surface area (Å²) in [4.78, 5) is 0. The lowest BCUT2D eigenvalue weighted by Gasteiger charge is -2.34. The molecule has 0 spiro atoms. The van der Waals surface area contributed by atoms with Crippen molar-refractivity contribution in [1.82, 2.24) is 0 Å². The standard InChI is InChI=1S/C63H38/c1-3-17-44(18-4-1)63(45-19-5-2-6-20-45)58-37-42(56-35-40-15-7-9-21-46(40)48-23-11-13-25-50(48)56)29-33-54(58)62-55-34-28-39-27-31-52(53-32-30-43(38-59(62)63)61(55)60(39)53)57-36-41-16-8-10-22-47(41)49-24-12-14-26-51(49)57/h1-38H. The van der Waals surface area contributed by atoms with Crippen LogP contribution in [0.5, 0.6) is 0 Å². The van der Waals surface area contributed by atoms with E-state index in [2.05, 4.69) is 231 Å². The van der Waals surface area contributed by atoms with Crippen molar-refractivity contribution < 1.29 is 0 Å². The molecule has 0 N–H and O–H groups in total. The third kappa shape index (κ3) is 4.70. The molecule has 13 aromatic carbocycles. The lowest BCUT2D eigenvalue weighted by molar-refractivity contribution is 0.770. The van der Waals surface area contributed by atoms with Crippen LogP contribution in [0.25, 0.3) is 109 Å². The number of benzene rings is 13. The van der Waals surface area contributed by atoms with Crippen LogP contribution in [0.15, 0.2) is 231 Å². The van der Waals surface area contributed by atoms with Gasteiger partial charge in [-0.25, -0.2) is 0 Å². The van der Waals surface area contributed by atoms with Gasteiger partial charge in [0.2, 0.25) is 0 Å². The van der Waals surface area contributed by atoms with Crippen LogP contribution in [0.4, 0.5) is 0 Å². The fourth-order valence-electron chi connectivity index (χ4n) is 11.8. The van der Waals surface area contributed by atoms with Crippen LogP contribution < -0.4 is 0 Å². The second-order valence-corrected chi connectivity index (χ2v) is 17.5. The Balaban J connectivity index is 1.10. The van der Waals surface area contributed by atoms with Gasteiger partial charge >= 0.3 is 0 Å². The van der Waals surface area contributed by atoms with Crippen molar-refractivity contribution in [2.24, 2.45) is 0 Å². The third-order valence-corrected chi connectivity index (χ3v) is 14.4. The van der Waals surface area contributed by atoms with Gasteiger partial charge in [-0.3, -0.25) is 0 Å². The summed E-state index contributed by atoms with van der Waals surface area (Å²) in [5.41, 5.74) is 12.3. The van der Waals surface area contributed by atoms with Crippen molar-refractivity contribution in [2.75, 3.05) is 0 Å². The largest absolute Gasteiger partial charge is 0.0714 e. The van der Waals surface area contributed by atoms with E-state index in [0.717, 1.165) is 0 Å². The SMILES string of the molecule is c1ccc(C2(c3ccccc3)c3cc(-c4cc5ccccc5c5ccccc45)ccc3-c3c2cc2ccc4c(-c5cc6ccccc6c6ccccc56)ccc5ccc3c2c54)cc1. The first-order valence-electron chi connectivity index (χ1n) is 22.1. The lowest BCUT2D eigenvalue weighted by Crippen LogP contribution is -2.28. The molecule has 0 aromatic heterocycles. The molecule has 1 aliphatic carbocycles. The first-order valence-corrected chi connectivity index (χ1v) is 22.1. The topological polar surface area (TPSA) is 0 Å². The van der Waals surface area contributed by atoms with Crippen LogP contribution in [-0.2, 0) is 5.41 Å². The lowest BCUT2D eigenvalue weighted by atomic mass is 9.67. The summed E-state index contributed by atoms with van der Waals surface area (Å²) in [5, 5.41) is 18.0. The van der Waals surface area contributed by atoms with Gasteiger partial charge in [0.05, 0.1) is 5.41 Å². The molecule has 0 saturated carbocycles. The first-order chi connectivity index (χ1) is 31.3. The molecule has 14 rings (SSSR count). The van der Waals surface area contributed by atoms with Gasteiger partial charge in [0, 0.05) is 0 Å². The highest BCUT2D eigenvalue weighted by Crippen LogP contribution is 2.60. The summed E-state index contributed by atoms with van der Waals surface area (Å²) in [6.07, 6.45) is 0. The maximum absolute atomic E-state index is 2.54. The predicted molar refractivity (Wildman–Crippen MR) is 268 cm³/mol. The zero-order valence-electron chi connectivity index (χ0n) is 34.4. The molecule has 0 unspecified atom stereocenters. The van der Waals surface area contributed by atoms with Crippen LogP contribution in [0.2, 0.25) is 0 Å². The van der Waals surface area contributed by atoms with Crippen molar-refractivity contribution in [1.29, 1.82) is 0 Å². The van der Waals surface area contributed by atoms with Gasteiger partial charge in [-0.05, 0) is 155 Å². The number of hydrogen-bond acceptors (Lipinski definition) is 0. The van der Waals surface area contributed by atoms with Crippen LogP contribution in [-0.4, -0.2) is 0 Å². The van der Waals surface area contributed by atoms with E-state index in [1.807, 2.05) is 0 Å². The molecule has 13 aromatic rings. The quantitative estimate of drug-likeness (QED) is 0.156. The monoisotopic (exact) mass is 794 g/mol. The highest BCUT2D eigenvalue weighted by molar-refractivity contribution is 6.30. The summed E-state index contributed by atoms with van der Waals surface area (Å²) < 4.78 is 0. The molecule has 0 amide bonds. The summed E-state index contributed by atoms with van der Waals surface area (Å²) in [5.74, 6) is 0. The van der Waals surface area contributed by atoms with Crippen LogP contribution in [0.1, 0.15) is 22.3 Å². The minimum absolute atomic E-state index is 0.560. The molecule has 0 aliphatic heterocycles. The van der Waals surface area contributed by atoms with E-state index < -0.39 is 5.41 Å². The Kier molecular flexibility index (Phi) is 7.13. The molecule has 0 nitrogen and oxygen atoms in total. The number of fused-ring (bicyclic) bond motifs is 10. The molecule has 0 saturated heterocycles. The van der Waals surface area contributed by atoms with Crippen LogP contribution in [0, 0.1) is 0 Å². The fourth-order valence-corrected chi connectivity index (χ4v) is 11.8. The number of rotatable bonds is 4. The Bertz CT molecular complexity index is 3970. The van der Waals surface area contributed by atoms with Crippen molar-refractivity contribution in [3.8, 4) is 33.4 Å². The van der Waals surface area contributed by atoms with Crippen LogP contribution >= 0.6 is 0 Å². The normalized spacial score (nSPS) is 13.2. The third-order valence-electron chi connectivity index (χ3n) is 14.4. The van der Waals surface area contributed by atoms with Gasteiger partial charge in [-0.2, -0.15) is 0 Å². The average molecular weight is 795 g/mol. The Hall–Kier alpha value is -8.06. The second kappa shape index (κ2) is 13.0. The Morgan fingerprint density at radius 3 is 1.40 bits per heavy atom. The van der Waals surface area contributed by atoms with Crippen molar-refractivity contribution in [3.63, 3.8) is 0 Å². The van der Waals surface area contributed by atoms with Gasteiger partial charge < -0.3 is 0 Å². The molecular formula is C63H38. The minimum Gasteiger partial charge on any atom is -0.0622 e. The molecule has 63 heavy (non-hydrogen) atoms. The number of hydrogen-bond donors (Lipinski definition) is 0. The van der Waals surface area contributed by atoms with Gasteiger partial charge in [0.15, 0.2) is 0 Å². The van der Waals surface area contributed by atoms with Crippen molar-refractivity contribution in [2.45, 2.75) is 5.41 Å². The summed E-state index contributed by atoms with van der Waals surface area (Å²) in [7, 11) is 0. The Morgan fingerprint density at radius 1 is 0.238 bits per heavy atom. The molecule has 0 heteroatoms. The molecule has 0 atom stereocenters.